The third-order valence-corrected chi connectivity index (χ3v) is 8.46. The summed E-state index contributed by atoms with van der Waals surface area (Å²) >= 11 is 10.2. The smallest absolute Gasteiger partial charge is 0.240 e. The molecule has 0 aliphatic heterocycles. The molecular weight excluding hydrogens is 564 g/mol. The van der Waals surface area contributed by atoms with Gasteiger partial charge in [-0.1, -0.05) is 19.3 Å². The summed E-state index contributed by atoms with van der Waals surface area (Å²) in [5, 5.41) is 8.00. The fourth-order valence-corrected chi connectivity index (χ4v) is 5.51. The lowest BCUT2D eigenvalue weighted by Gasteiger charge is -2.02. The minimum absolute atomic E-state index is 0.0752. The zero-order chi connectivity index (χ0) is 22.6. The number of carbonyl (C=O) groups is 2. The first-order chi connectivity index (χ1) is 14.8. The maximum Gasteiger partial charge on any atom is 0.240 e. The van der Waals surface area contributed by atoms with Gasteiger partial charge in [-0.25, -0.2) is 10.9 Å². The maximum absolute atomic E-state index is 11.8. The van der Waals surface area contributed by atoms with Gasteiger partial charge in [0.15, 0.2) is 0 Å². The van der Waals surface area contributed by atoms with E-state index in [9.17, 15) is 9.59 Å². The number of unbranched alkanes of at least 4 members (excludes halogenated alkanes) is 4. The van der Waals surface area contributed by atoms with E-state index >= 15 is 0 Å². The molecule has 168 valence electrons. The largest absolute Gasteiger partial charge is 0.273 e. The monoisotopic (exact) mass is 588 g/mol. The van der Waals surface area contributed by atoms with Crippen molar-refractivity contribution in [2.24, 2.45) is 10.2 Å². The van der Waals surface area contributed by atoms with Crippen LogP contribution in [0.15, 0.2) is 31.3 Å². The van der Waals surface area contributed by atoms with E-state index in [1.807, 2.05) is 26.0 Å². The molecule has 2 aromatic heterocycles. The molecule has 0 atom stereocenters. The highest BCUT2D eigenvalue weighted by Gasteiger charge is 2.04. The van der Waals surface area contributed by atoms with Crippen LogP contribution >= 0.6 is 54.5 Å². The van der Waals surface area contributed by atoms with Gasteiger partial charge in [0, 0.05) is 41.3 Å². The highest BCUT2D eigenvalue weighted by Crippen LogP contribution is 2.25. The maximum atomic E-state index is 11.8. The van der Waals surface area contributed by atoms with Gasteiger partial charge >= 0.3 is 0 Å². The van der Waals surface area contributed by atoms with E-state index < -0.39 is 0 Å². The average Bonchev–Trinajstić information content (AvgIpc) is 3.21. The molecule has 2 aromatic rings. The van der Waals surface area contributed by atoms with Gasteiger partial charge in [0.2, 0.25) is 11.8 Å². The standard InChI is InChI=1S/C21H26Br2N4O2S2/c1-14-18(22)10-16(30-14)12-24-26-20(28)8-6-4-3-5-7-9-21(29)27-25-13-17-11-19(23)15(2)31-17/h10-13H,3-9H2,1-2H3,(H,26,28)(H,27,29). The molecule has 0 saturated heterocycles. The number of hydrogen-bond donors (Lipinski definition) is 2. The fourth-order valence-electron chi connectivity index (χ4n) is 2.64. The number of hydrogen-bond acceptors (Lipinski definition) is 6. The van der Waals surface area contributed by atoms with Crippen molar-refractivity contribution in [2.45, 2.75) is 58.8 Å². The van der Waals surface area contributed by atoms with Crippen LogP contribution in [0.25, 0.3) is 0 Å². The van der Waals surface area contributed by atoms with Crippen molar-refractivity contribution in [3.8, 4) is 0 Å². The number of rotatable bonds is 12. The molecule has 0 spiro atoms. The van der Waals surface area contributed by atoms with Gasteiger partial charge in [-0.3, -0.25) is 9.59 Å². The van der Waals surface area contributed by atoms with Gasteiger partial charge in [-0.2, -0.15) is 10.2 Å². The van der Waals surface area contributed by atoms with Crippen LogP contribution in [-0.2, 0) is 9.59 Å². The predicted octanol–water partition coefficient (Wildman–Crippen LogP) is 6.28. The molecule has 0 bridgehead atoms. The van der Waals surface area contributed by atoms with Crippen LogP contribution in [0.4, 0.5) is 0 Å². The van der Waals surface area contributed by atoms with Crippen molar-refractivity contribution < 1.29 is 9.59 Å². The molecule has 2 heterocycles. The molecule has 10 heteroatoms. The fraction of sp³-hybridized carbons (Fsp3) is 0.429. The van der Waals surface area contributed by atoms with Crippen molar-refractivity contribution in [3.05, 3.63) is 40.6 Å². The van der Waals surface area contributed by atoms with E-state index in [1.54, 1.807) is 35.1 Å². The normalized spacial score (nSPS) is 11.5. The SMILES string of the molecule is Cc1sc(C=NNC(=O)CCCCCCCC(=O)NN=Cc2cc(Br)c(C)s2)cc1Br. The van der Waals surface area contributed by atoms with Gasteiger partial charge in [-0.15, -0.1) is 22.7 Å². The molecule has 2 N–H and O–H groups in total. The Labute approximate surface area is 207 Å². The summed E-state index contributed by atoms with van der Waals surface area (Å²) in [6, 6.07) is 3.96. The molecule has 0 aliphatic rings. The first-order valence-electron chi connectivity index (χ1n) is 10.0. The second-order valence-electron chi connectivity index (χ2n) is 6.96. The van der Waals surface area contributed by atoms with E-state index in [-0.39, 0.29) is 11.8 Å². The number of nitrogens with zero attached hydrogens (tertiary/aromatic N) is 2. The molecule has 0 unspecified atom stereocenters. The second kappa shape index (κ2) is 13.9. The Bertz CT molecular complexity index is 825. The Morgan fingerprint density at radius 3 is 1.55 bits per heavy atom. The summed E-state index contributed by atoms with van der Waals surface area (Å²) in [6.07, 6.45) is 8.79. The van der Waals surface area contributed by atoms with Gasteiger partial charge in [0.25, 0.3) is 0 Å². The Morgan fingerprint density at radius 2 is 1.19 bits per heavy atom. The van der Waals surface area contributed by atoms with Crippen molar-refractivity contribution in [3.63, 3.8) is 0 Å². The lowest BCUT2D eigenvalue weighted by molar-refractivity contribution is -0.121. The van der Waals surface area contributed by atoms with Crippen LogP contribution < -0.4 is 10.9 Å². The lowest BCUT2D eigenvalue weighted by Crippen LogP contribution is -2.17. The molecule has 2 amide bonds. The topological polar surface area (TPSA) is 82.9 Å². The van der Waals surface area contributed by atoms with Gasteiger partial charge < -0.3 is 0 Å². The Balaban J connectivity index is 1.47. The third-order valence-electron chi connectivity index (χ3n) is 4.32. The summed E-state index contributed by atoms with van der Waals surface area (Å²) in [5.74, 6) is -0.150. The van der Waals surface area contributed by atoms with Crippen LogP contribution in [0.3, 0.4) is 0 Å². The Hall–Kier alpha value is -1.36. The van der Waals surface area contributed by atoms with E-state index in [2.05, 4.69) is 52.9 Å². The van der Waals surface area contributed by atoms with E-state index in [1.165, 1.54) is 9.75 Å². The number of aryl methyl sites for hydroxylation is 2. The summed E-state index contributed by atoms with van der Waals surface area (Å²) in [7, 11) is 0. The molecule has 0 fully saturated rings. The molecule has 2 rings (SSSR count). The number of hydrazone groups is 2. The van der Waals surface area contributed by atoms with Crippen LogP contribution in [0.5, 0.6) is 0 Å². The van der Waals surface area contributed by atoms with Crippen LogP contribution in [0, 0.1) is 13.8 Å². The van der Waals surface area contributed by atoms with E-state index in [0.29, 0.717) is 12.8 Å². The highest BCUT2D eigenvalue weighted by molar-refractivity contribution is 9.10. The predicted molar refractivity (Wildman–Crippen MR) is 137 cm³/mol. The number of halogens is 2. The quantitative estimate of drug-likeness (QED) is 0.173. The van der Waals surface area contributed by atoms with Crippen molar-refractivity contribution in [1.29, 1.82) is 0 Å². The lowest BCUT2D eigenvalue weighted by atomic mass is 10.1. The summed E-state index contributed by atoms with van der Waals surface area (Å²) < 4.78 is 2.11. The first-order valence-corrected chi connectivity index (χ1v) is 13.2. The molecule has 0 aromatic carbocycles. The molecule has 6 nitrogen and oxygen atoms in total. The Kier molecular flexibility index (Phi) is 11.6. The Morgan fingerprint density at radius 1 is 0.806 bits per heavy atom. The number of thiophene rings is 2. The van der Waals surface area contributed by atoms with Gasteiger partial charge in [0.05, 0.1) is 12.4 Å². The number of amides is 2. The van der Waals surface area contributed by atoms with Gasteiger partial charge in [0.1, 0.15) is 0 Å². The van der Waals surface area contributed by atoms with E-state index in [4.69, 9.17) is 0 Å². The summed E-state index contributed by atoms with van der Waals surface area (Å²) in [5.41, 5.74) is 5.13. The van der Waals surface area contributed by atoms with Gasteiger partial charge in [-0.05, 0) is 70.7 Å². The average molecular weight is 590 g/mol. The zero-order valence-electron chi connectivity index (χ0n) is 17.5. The first kappa shape index (κ1) is 25.9. The van der Waals surface area contributed by atoms with Crippen molar-refractivity contribution >= 4 is 78.8 Å². The minimum Gasteiger partial charge on any atom is -0.273 e. The number of nitrogens with one attached hydrogen (secondary N) is 2. The zero-order valence-corrected chi connectivity index (χ0v) is 22.3. The van der Waals surface area contributed by atoms with Crippen LogP contribution in [0.2, 0.25) is 0 Å². The van der Waals surface area contributed by atoms with Crippen molar-refractivity contribution in [2.75, 3.05) is 0 Å². The van der Waals surface area contributed by atoms with Crippen molar-refractivity contribution in [1.82, 2.24) is 10.9 Å². The summed E-state index contributed by atoms with van der Waals surface area (Å²) in [6.45, 7) is 4.05. The molecule has 0 saturated carbocycles. The second-order valence-corrected chi connectivity index (χ2v) is 11.2. The number of carbonyl (C=O) groups excluding carboxylic acids is 2. The molecular formula is C21H26Br2N4O2S2. The molecule has 0 radical (unpaired) electrons. The van der Waals surface area contributed by atoms with Crippen LogP contribution in [0.1, 0.15) is 64.5 Å². The third kappa shape index (κ3) is 10.2. The summed E-state index contributed by atoms with van der Waals surface area (Å²) in [4.78, 5) is 28.0. The highest BCUT2D eigenvalue weighted by atomic mass is 79.9. The van der Waals surface area contributed by atoms with Crippen LogP contribution in [-0.4, -0.2) is 24.2 Å². The van der Waals surface area contributed by atoms with E-state index in [0.717, 1.165) is 50.8 Å². The minimum atomic E-state index is -0.0752. The molecule has 0 aliphatic carbocycles. The molecule has 31 heavy (non-hydrogen) atoms.